The van der Waals surface area contributed by atoms with Gasteiger partial charge in [-0.05, 0) is 24.7 Å². The summed E-state index contributed by atoms with van der Waals surface area (Å²) in [7, 11) is 1.82. The molecular formula is C10H21NO. The smallest absolute Gasteiger partial charge is 0.0626 e. The van der Waals surface area contributed by atoms with E-state index < -0.39 is 0 Å². The third-order valence-corrected chi connectivity index (χ3v) is 3.10. The van der Waals surface area contributed by atoms with Gasteiger partial charge < -0.3 is 10.5 Å². The second-order valence-corrected chi connectivity index (χ2v) is 4.08. The van der Waals surface area contributed by atoms with Gasteiger partial charge in [0.15, 0.2) is 0 Å². The molecule has 0 heterocycles. The van der Waals surface area contributed by atoms with Crippen molar-refractivity contribution in [1.29, 1.82) is 0 Å². The van der Waals surface area contributed by atoms with Gasteiger partial charge in [-0.15, -0.1) is 0 Å². The van der Waals surface area contributed by atoms with Crippen molar-refractivity contribution < 1.29 is 4.74 Å². The van der Waals surface area contributed by atoms with E-state index in [1.807, 2.05) is 7.11 Å². The Kier molecular flexibility index (Phi) is 3.53. The standard InChI is InChI=1S/C10H21NO/c1-4-8-6-9(11)5-7(2)10(8)12-3/h7-10H,4-6,11H2,1-3H3. The Bertz CT molecular complexity index is 138. The number of rotatable bonds is 2. The van der Waals surface area contributed by atoms with Gasteiger partial charge in [0.1, 0.15) is 0 Å². The van der Waals surface area contributed by atoms with Gasteiger partial charge in [-0.2, -0.15) is 0 Å². The van der Waals surface area contributed by atoms with Crippen LogP contribution in [-0.4, -0.2) is 19.3 Å². The minimum absolute atomic E-state index is 0.399. The van der Waals surface area contributed by atoms with Crippen LogP contribution in [0.3, 0.4) is 0 Å². The Morgan fingerprint density at radius 1 is 1.42 bits per heavy atom. The Labute approximate surface area is 75.5 Å². The van der Waals surface area contributed by atoms with E-state index in [1.165, 1.54) is 6.42 Å². The van der Waals surface area contributed by atoms with E-state index in [0.29, 0.717) is 24.0 Å². The highest BCUT2D eigenvalue weighted by Gasteiger charge is 2.32. The topological polar surface area (TPSA) is 35.2 Å². The molecule has 12 heavy (non-hydrogen) atoms. The molecule has 2 nitrogen and oxygen atoms in total. The predicted molar refractivity (Wildman–Crippen MR) is 51.0 cm³/mol. The molecular weight excluding hydrogens is 150 g/mol. The lowest BCUT2D eigenvalue weighted by Crippen LogP contribution is -2.42. The molecule has 0 aromatic heterocycles. The van der Waals surface area contributed by atoms with Gasteiger partial charge in [0.25, 0.3) is 0 Å². The zero-order valence-electron chi connectivity index (χ0n) is 8.42. The lowest BCUT2D eigenvalue weighted by atomic mass is 9.76. The number of hydrogen-bond acceptors (Lipinski definition) is 2. The van der Waals surface area contributed by atoms with Crippen molar-refractivity contribution in [1.82, 2.24) is 0 Å². The first-order chi connectivity index (χ1) is 5.69. The van der Waals surface area contributed by atoms with Crippen molar-refractivity contribution in [3.8, 4) is 0 Å². The normalized spacial score (nSPS) is 43.0. The minimum Gasteiger partial charge on any atom is -0.381 e. The summed E-state index contributed by atoms with van der Waals surface area (Å²) in [6.45, 7) is 4.47. The molecule has 1 saturated carbocycles. The van der Waals surface area contributed by atoms with Crippen LogP contribution in [-0.2, 0) is 4.74 Å². The van der Waals surface area contributed by atoms with Crippen molar-refractivity contribution >= 4 is 0 Å². The van der Waals surface area contributed by atoms with Crippen LogP contribution in [0.4, 0.5) is 0 Å². The zero-order chi connectivity index (χ0) is 9.14. The lowest BCUT2D eigenvalue weighted by Gasteiger charge is -2.38. The molecule has 2 heteroatoms. The van der Waals surface area contributed by atoms with Gasteiger partial charge in [-0.25, -0.2) is 0 Å². The fraction of sp³-hybridized carbons (Fsp3) is 1.00. The molecule has 72 valence electrons. The molecule has 0 saturated heterocycles. The predicted octanol–water partition coefficient (Wildman–Crippen LogP) is 1.78. The summed E-state index contributed by atoms with van der Waals surface area (Å²) in [4.78, 5) is 0. The average Bonchev–Trinajstić information content (AvgIpc) is 2.03. The number of nitrogens with two attached hydrogens (primary N) is 1. The van der Waals surface area contributed by atoms with Crippen LogP contribution >= 0.6 is 0 Å². The Hall–Kier alpha value is -0.0800. The van der Waals surface area contributed by atoms with E-state index in [0.717, 1.165) is 12.8 Å². The largest absolute Gasteiger partial charge is 0.381 e. The molecule has 1 aliphatic rings. The third kappa shape index (κ3) is 1.99. The maximum absolute atomic E-state index is 5.95. The van der Waals surface area contributed by atoms with Gasteiger partial charge >= 0.3 is 0 Å². The molecule has 1 aliphatic carbocycles. The van der Waals surface area contributed by atoms with Crippen LogP contribution in [0.2, 0.25) is 0 Å². The van der Waals surface area contributed by atoms with Crippen molar-refractivity contribution in [2.75, 3.05) is 7.11 Å². The fourth-order valence-corrected chi connectivity index (χ4v) is 2.52. The van der Waals surface area contributed by atoms with E-state index in [2.05, 4.69) is 13.8 Å². The zero-order valence-corrected chi connectivity index (χ0v) is 8.42. The van der Waals surface area contributed by atoms with E-state index >= 15 is 0 Å². The van der Waals surface area contributed by atoms with Gasteiger partial charge in [-0.3, -0.25) is 0 Å². The summed E-state index contributed by atoms with van der Waals surface area (Å²) < 4.78 is 5.50. The van der Waals surface area contributed by atoms with Crippen molar-refractivity contribution in [3.05, 3.63) is 0 Å². The first-order valence-corrected chi connectivity index (χ1v) is 4.97. The molecule has 0 aliphatic heterocycles. The summed E-state index contributed by atoms with van der Waals surface area (Å²) in [5, 5.41) is 0. The molecule has 0 amide bonds. The second kappa shape index (κ2) is 4.24. The van der Waals surface area contributed by atoms with Gasteiger partial charge in [0, 0.05) is 13.2 Å². The molecule has 4 atom stereocenters. The van der Waals surface area contributed by atoms with Crippen LogP contribution < -0.4 is 5.73 Å². The Morgan fingerprint density at radius 3 is 2.58 bits per heavy atom. The summed E-state index contributed by atoms with van der Waals surface area (Å²) in [5.41, 5.74) is 5.95. The van der Waals surface area contributed by atoms with Crippen LogP contribution in [0.25, 0.3) is 0 Å². The molecule has 0 bridgehead atoms. The second-order valence-electron chi connectivity index (χ2n) is 4.08. The highest BCUT2D eigenvalue weighted by molar-refractivity contribution is 4.86. The maximum atomic E-state index is 5.95. The monoisotopic (exact) mass is 171 g/mol. The SMILES string of the molecule is CCC1CC(N)CC(C)C1OC. The van der Waals surface area contributed by atoms with E-state index in [4.69, 9.17) is 10.5 Å². The van der Waals surface area contributed by atoms with Gasteiger partial charge in [-0.1, -0.05) is 20.3 Å². The average molecular weight is 171 g/mol. The van der Waals surface area contributed by atoms with Crippen LogP contribution in [0.1, 0.15) is 33.1 Å². The molecule has 1 rings (SSSR count). The lowest BCUT2D eigenvalue weighted by molar-refractivity contribution is -0.0200. The van der Waals surface area contributed by atoms with Crippen LogP contribution in [0.15, 0.2) is 0 Å². The van der Waals surface area contributed by atoms with Crippen molar-refractivity contribution in [2.45, 2.75) is 45.3 Å². The first-order valence-electron chi connectivity index (χ1n) is 4.97. The van der Waals surface area contributed by atoms with E-state index in [-0.39, 0.29) is 0 Å². The van der Waals surface area contributed by atoms with E-state index in [9.17, 15) is 0 Å². The third-order valence-electron chi connectivity index (χ3n) is 3.10. The minimum atomic E-state index is 0.399. The number of ether oxygens (including phenoxy) is 1. The maximum Gasteiger partial charge on any atom is 0.0626 e. The van der Waals surface area contributed by atoms with Gasteiger partial charge in [0.2, 0.25) is 0 Å². The van der Waals surface area contributed by atoms with Crippen molar-refractivity contribution in [2.24, 2.45) is 17.6 Å². The highest BCUT2D eigenvalue weighted by Crippen LogP contribution is 2.32. The molecule has 1 fully saturated rings. The van der Waals surface area contributed by atoms with Crippen LogP contribution in [0.5, 0.6) is 0 Å². The fourth-order valence-electron chi connectivity index (χ4n) is 2.52. The molecule has 0 aromatic carbocycles. The van der Waals surface area contributed by atoms with Crippen LogP contribution in [0, 0.1) is 11.8 Å². The highest BCUT2D eigenvalue weighted by atomic mass is 16.5. The van der Waals surface area contributed by atoms with E-state index in [1.54, 1.807) is 0 Å². The summed E-state index contributed by atoms with van der Waals surface area (Å²) in [5.74, 6) is 1.30. The van der Waals surface area contributed by atoms with Crippen molar-refractivity contribution in [3.63, 3.8) is 0 Å². The molecule has 0 spiro atoms. The quantitative estimate of drug-likeness (QED) is 0.687. The Balaban J connectivity index is 2.56. The molecule has 4 unspecified atom stereocenters. The summed E-state index contributed by atoms with van der Waals surface area (Å²) in [6.07, 6.45) is 3.89. The first kappa shape index (κ1) is 10.0. The molecule has 0 aromatic rings. The summed E-state index contributed by atoms with van der Waals surface area (Å²) >= 11 is 0. The number of hydrogen-bond donors (Lipinski definition) is 1. The summed E-state index contributed by atoms with van der Waals surface area (Å²) in [6, 6.07) is 0.399. The van der Waals surface area contributed by atoms with Gasteiger partial charge in [0.05, 0.1) is 6.10 Å². The number of methoxy groups -OCH3 is 1. The molecule has 0 radical (unpaired) electrons. The molecule has 2 N–H and O–H groups in total. The Morgan fingerprint density at radius 2 is 2.08 bits per heavy atom.